The van der Waals surface area contributed by atoms with Crippen molar-refractivity contribution < 1.29 is 14.3 Å². The summed E-state index contributed by atoms with van der Waals surface area (Å²) in [7, 11) is 0. The lowest BCUT2D eigenvalue weighted by molar-refractivity contribution is -0.119. The second-order valence-electron chi connectivity index (χ2n) is 6.92. The Balaban J connectivity index is 1.38. The van der Waals surface area contributed by atoms with Crippen molar-refractivity contribution in [2.75, 3.05) is 11.9 Å². The molecular formula is C20H20N2O3S2. The van der Waals surface area contributed by atoms with Crippen LogP contribution in [0.3, 0.4) is 0 Å². The number of rotatable bonds is 4. The van der Waals surface area contributed by atoms with E-state index < -0.39 is 11.9 Å². The van der Waals surface area contributed by atoms with Crippen molar-refractivity contribution in [3.63, 3.8) is 0 Å². The smallest absolute Gasteiger partial charge is 0.348 e. The summed E-state index contributed by atoms with van der Waals surface area (Å²) in [6.45, 7) is -0.338. The number of hydrogen-bond donors (Lipinski definition) is 1. The number of aryl methyl sites for hydroxylation is 3. The molecule has 0 aliphatic heterocycles. The van der Waals surface area contributed by atoms with Crippen LogP contribution in [0, 0.1) is 11.3 Å². The molecule has 140 valence electrons. The number of carbonyl (C=O) groups excluding carboxylic acids is 2. The van der Waals surface area contributed by atoms with E-state index in [1.165, 1.54) is 44.4 Å². The summed E-state index contributed by atoms with van der Waals surface area (Å²) in [5.74, 6) is -0.854. The van der Waals surface area contributed by atoms with Crippen LogP contribution in [0.2, 0.25) is 0 Å². The molecule has 0 spiro atoms. The lowest BCUT2D eigenvalue weighted by atomic mass is 10.1. The number of nitrogens with one attached hydrogen (secondary N) is 1. The molecular weight excluding hydrogens is 380 g/mol. The monoisotopic (exact) mass is 400 g/mol. The summed E-state index contributed by atoms with van der Waals surface area (Å²) in [6, 6.07) is 4.13. The van der Waals surface area contributed by atoms with Gasteiger partial charge in [0.05, 0.1) is 5.56 Å². The number of carbonyl (C=O) groups is 2. The number of fused-ring (bicyclic) bond motifs is 2. The van der Waals surface area contributed by atoms with E-state index >= 15 is 0 Å². The van der Waals surface area contributed by atoms with Gasteiger partial charge in [-0.15, -0.1) is 22.7 Å². The predicted molar refractivity (Wildman–Crippen MR) is 106 cm³/mol. The Morgan fingerprint density at radius 1 is 1.07 bits per heavy atom. The molecule has 2 aromatic heterocycles. The maximum absolute atomic E-state index is 12.2. The van der Waals surface area contributed by atoms with Gasteiger partial charge in [-0.3, -0.25) is 4.79 Å². The lowest BCUT2D eigenvalue weighted by Gasteiger charge is -2.05. The van der Waals surface area contributed by atoms with Crippen LogP contribution in [-0.2, 0) is 35.2 Å². The van der Waals surface area contributed by atoms with Crippen LogP contribution in [0.4, 0.5) is 5.00 Å². The van der Waals surface area contributed by atoms with Crippen LogP contribution < -0.4 is 5.32 Å². The highest BCUT2D eigenvalue weighted by Crippen LogP contribution is 2.37. The van der Waals surface area contributed by atoms with Crippen molar-refractivity contribution >= 4 is 39.6 Å². The SMILES string of the molecule is N#Cc1c(NC(=O)COC(=O)c2cc3c(s2)CCC3)sc2c1CCCCC2. The van der Waals surface area contributed by atoms with Crippen molar-refractivity contribution in [3.05, 3.63) is 37.4 Å². The van der Waals surface area contributed by atoms with Gasteiger partial charge >= 0.3 is 5.97 Å². The summed E-state index contributed by atoms with van der Waals surface area (Å²) in [4.78, 5) is 27.5. The highest BCUT2D eigenvalue weighted by Gasteiger charge is 2.22. The lowest BCUT2D eigenvalue weighted by Crippen LogP contribution is -2.20. The fourth-order valence-corrected chi connectivity index (χ4v) is 6.15. The van der Waals surface area contributed by atoms with E-state index in [1.807, 2.05) is 6.07 Å². The van der Waals surface area contributed by atoms with Crippen LogP contribution in [-0.4, -0.2) is 18.5 Å². The number of hydrogen-bond acceptors (Lipinski definition) is 6. The van der Waals surface area contributed by atoms with Crippen LogP contribution >= 0.6 is 22.7 Å². The summed E-state index contributed by atoms with van der Waals surface area (Å²) in [5, 5.41) is 12.9. The normalized spacial score (nSPS) is 15.4. The van der Waals surface area contributed by atoms with Gasteiger partial charge in [0.2, 0.25) is 0 Å². The molecule has 4 rings (SSSR count). The molecule has 0 radical (unpaired) electrons. The van der Waals surface area contributed by atoms with Crippen LogP contribution in [0.1, 0.15) is 61.8 Å². The van der Waals surface area contributed by atoms with Crippen molar-refractivity contribution in [2.24, 2.45) is 0 Å². The fourth-order valence-electron chi connectivity index (χ4n) is 3.74. The first kappa shape index (κ1) is 18.2. The molecule has 1 amide bonds. The average Bonchev–Trinajstić information content (AvgIpc) is 3.29. The third kappa shape index (κ3) is 3.78. The Morgan fingerprint density at radius 3 is 2.70 bits per heavy atom. The molecule has 1 N–H and O–H groups in total. The molecule has 0 bridgehead atoms. The molecule has 0 atom stereocenters. The largest absolute Gasteiger partial charge is 0.451 e. The molecule has 27 heavy (non-hydrogen) atoms. The average molecular weight is 401 g/mol. The van der Waals surface area contributed by atoms with Gasteiger partial charge in [-0.1, -0.05) is 6.42 Å². The Bertz CT molecular complexity index is 914. The van der Waals surface area contributed by atoms with E-state index in [1.54, 1.807) is 0 Å². The van der Waals surface area contributed by atoms with E-state index in [0.717, 1.165) is 50.5 Å². The number of ether oxygens (including phenoxy) is 1. The molecule has 0 aromatic carbocycles. The molecule has 0 saturated carbocycles. The Kier molecular flexibility index (Phi) is 5.28. The minimum Gasteiger partial charge on any atom is -0.451 e. The predicted octanol–water partition coefficient (Wildman–Crippen LogP) is 4.23. The van der Waals surface area contributed by atoms with Crippen LogP contribution in [0.15, 0.2) is 6.07 Å². The maximum Gasteiger partial charge on any atom is 0.348 e. The van der Waals surface area contributed by atoms with Crippen molar-refractivity contribution in [2.45, 2.75) is 51.4 Å². The molecule has 0 saturated heterocycles. The van der Waals surface area contributed by atoms with E-state index in [9.17, 15) is 14.9 Å². The molecule has 0 unspecified atom stereocenters. The van der Waals surface area contributed by atoms with E-state index in [-0.39, 0.29) is 6.61 Å². The second kappa shape index (κ2) is 7.83. The first-order chi connectivity index (χ1) is 13.2. The van der Waals surface area contributed by atoms with E-state index in [0.29, 0.717) is 15.4 Å². The third-order valence-electron chi connectivity index (χ3n) is 5.07. The zero-order valence-electron chi connectivity index (χ0n) is 14.9. The maximum atomic E-state index is 12.2. The number of esters is 1. The molecule has 2 heterocycles. The summed E-state index contributed by atoms with van der Waals surface area (Å²) in [5.41, 5.74) is 2.89. The molecule has 2 aromatic rings. The van der Waals surface area contributed by atoms with Crippen molar-refractivity contribution in [3.8, 4) is 6.07 Å². The molecule has 2 aliphatic carbocycles. The zero-order chi connectivity index (χ0) is 18.8. The number of anilines is 1. The quantitative estimate of drug-likeness (QED) is 0.615. The molecule has 5 nitrogen and oxygen atoms in total. The molecule has 2 aliphatic rings. The summed E-state index contributed by atoms with van der Waals surface area (Å²) in [6.07, 6.45) is 8.40. The van der Waals surface area contributed by atoms with Crippen molar-refractivity contribution in [1.29, 1.82) is 5.26 Å². The third-order valence-corrected chi connectivity index (χ3v) is 7.49. The van der Waals surface area contributed by atoms with Gasteiger partial charge < -0.3 is 10.1 Å². The van der Waals surface area contributed by atoms with Gasteiger partial charge in [0, 0.05) is 9.75 Å². The van der Waals surface area contributed by atoms with Crippen molar-refractivity contribution in [1.82, 2.24) is 0 Å². The minimum atomic E-state index is -0.452. The number of nitriles is 1. The van der Waals surface area contributed by atoms with Crippen LogP contribution in [0.5, 0.6) is 0 Å². The second-order valence-corrected chi connectivity index (χ2v) is 9.16. The minimum absolute atomic E-state index is 0.338. The number of amides is 1. The fraction of sp³-hybridized carbons (Fsp3) is 0.450. The first-order valence-electron chi connectivity index (χ1n) is 9.29. The Morgan fingerprint density at radius 2 is 1.89 bits per heavy atom. The van der Waals surface area contributed by atoms with Crippen LogP contribution in [0.25, 0.3) is 0 Å². The highest BCUT2D eigenvalue weighted by molar-refractivity contribution is 7.16. The van der Waals surface area contributed by atoms with Gasteiger partial charge in [0.1, 0.15) is 15.9 Å². The Hall–Kier alpha value is -2.17. The molecule has 7 heteroatoms. The summed E-state index contributed by atoms with van der Waals surface area (Å²) < 4.78 is 5.18. The Labute approximate surface area is 166 Å². The number of thiophene rings is 2. The van der Waals surface area contributed by atoms with Gasteiger partial charge in [0.15, 0.2) is 6.61 Å². The molecule has 0 fully saturated rings. The van der Waals surface area contributed by atoms with Gasteiger partial charge in [-0.25, -0.2) is 4.79 Å². The summed E-state index contributed by atoms with van der Waals surface area (Å²) >= 11 is 2.95. The zero-order valence-corrected chi connectivity index (χ0v) is 16.6. The van der Waals surface area contributed by atoms with Gasteiger partial charge in [-0.05, 0) is 62.1 Å². The highest BCUT2D eigenvalue weighted by atomic mass is 32.1. The first-order valence-corrected chi connectivity index (χ1v) is 10.9. The van der Waals surface area contributed by atoms with E-state index in [2.05, 4.69) is 11.4 Å². The van der Waals surface area contributed by atoms with Gasteiger partial charge in [0.25, 0.3) is 5.91 Å². The topological polar surface area (TPSA) is 79.2 Å². The van der Waals surface area contributed by atoms with E-state index in [4.69, 9.17) is 4.74 Å². The van der Waals surface area contributed by atoms with Gasteiger partial charge in [-0.2, -0.15) is 5.26 Å². The number of nitrogens with zero attached hydrogens (tertiary/aromatic N) is 1. The standard InChI is InChI=1S/C20H20N2O3S2/c21-10-14-13-6-2-1-3-7-16(13)27-19(14)22-18(23)11-25-20(24)17-9-12-5-4-8-15(12)26-17/h9H,1-8,11H2,(H,22,23).